The molecule has 0 radical (unpaired) electrons. The maximum atomic E-state index is 12.6. The van der Waals surface area contributed by atoms with Gasteiger partial charge in [0.1, 0.15) is 6.04 Å². The molecule has 1 aromatic carbocycles. The number of hydrogen-bond donors (Lipinski definition) is 2. The summed E-state index contributed by atoms with van der Waals surface area (Å²) in [6, 6.07) is 8.30. The van der Waals surface area contributed by atoms with Gasteiger partial charge in [0.15, 0.2) is 0 Å². The number of benzene rings is 1. The van der Waals surface area contributed by atoms with Gasteiger partial charge in [-0.05, 0) is 26.3 Å². The molecule has 6 heteroatoms. The third-order valence-corrected chi connectivity index (χ3v) is 4.29. The molecule has 24 heavy (non-hydrogen) atoms. The van der Waals surface area contributed by atoms with Gasteiger partial charge in [0.25, 0.3) is 0 Å². The van der Waals surface area contributed by atoms with Crippen LogP contribution in [0, 0.1) is 13.8 Å². The van der Waals surface area contributed by atoms with E-state index in [1.165, 1.54) is 0 Å². The van der Waals surface area contributed by atoms with Crippen LogP contribution in [0.3, 0.4) is 0 Å². The minimum Gasteiger partial charge on any atom is -0.480 e. The molecular formula is C18H23N3O3. The van der Waals surface area contributed by atoms with E-state index in [0.717, 1.165) is 22.5 Å². The number of carboxylic acids is 1. The summed E-state index contributed by atoms with van der Waals surface area (Å²) in [4.78, 5) is 24.1. The second-order valence-corrected chi connectivity index (χ2v) is 6.02. The van der Waals surface area contributed by atoms with Gasteiger partial charge in [0.05, 0.1) is 11.6 Å². The van der Waals surface area contributed by atoms with Crippen LogP contribution in [0.15, 0.2) is 30.3 Å². The van der Waals surface area contributed by atoms with Gasteiger partial charge >= 0.3 is 5.97 Å². The Balaban J connectivity index is 2.14. The molecule has 1 aromatic heterocycles. The molecule has 2 atom stereocenters. The quantitative estimate of drug-likeness (QED) is 0.848. The Labute approximate surface area is 141 Å². The molecular weight excluding hydrogens is 306 g/mol. The monoisotopic (exact) mass is 329 g/mol. The zero-order chi connectivity index (χ0) is 17.9. The van der Waals surface area contributed by atoms with E-state index in [9.17, 15) is 14.7 Å². The summed E-state index contributed by atoms with van der Waals surface area (Å²) in [5.41, 5.74) is 3.41. The fraction of sp³-hybridized carbons (Fsp3) is 0.389. The third-order valence-electron chi connectivity index (χ3n) is 4.29. The van der Waals surface area contributed by atoms with Crippen molar-refractivity contribution >= 4 is 11.9 Å². The number of nitrogens with zero attached hydrogens (tertiary/aromatic N) is 2. The van der Waals surface area contributed by atoms with E-state index >= 15 is 0 Å². The van der Waals surface area contributed by atoms with Crippen LogP contribution in [0.4, 0.5) is 0 Å². The first kappa shape index (κ1) is 17.7. The number of hydrogen-bond acceptors (Lipinski definition) is 3. The Hall–Kier alpha value is -2.63. The van der Waals surface area contributed by atoms with E-state index in [1.54, 1.807) is 11.6 Å². The summed E-state index contributed by atoms with van der Waals surface area (Å²) in [7, 11) is 1.83. The first-order valence-corrected chi connectivity index (χ1v) is 7.88. The standard InChI is InChI=1S/C18H23N3O3/c1-11(16-12(2)20-21(4)13(16)3)17(22)19-15(18(23)24)10-14-8-6-5-7-9-14/h5-9,11,15H,10H2,1-4H3,(H,19,22)(H,23,24)/t11?,15-/m1/s1. The van der Waals surface area contributed by atoms with Crippen molar-refractivity contribution in [2.75, 3.05) is 0 Å². The Morgan fingerprint density at radius 1 is 1.25 bits per heavy atom. The fourth-order valence-electron chi connectivity index (χ4n) is 2.89. The van der Waals surface area contributed by atoms with Crippen molar-refractivity contribution in [3.63, 3.8) is 0 Å². The van der Waals surface area contributed by atoms with Crippen LogP contribution in [-0.2, 0) is 23.1 Å². The molecule has 0 aliphatic heterocycles. The van der Waals surface area contributed by atoms with Crippen LogP contribution in [0.5, 0.6) is 0 Å². The van der Waals surface area contributed by atoms with Gasteiger partial charge in [-0.15, -0.1) is 0 Å². The minimum absolute atomic E-state index is 0.250. The number of aryl methyl sites for hydroxylation is 2. The van der Waals surface area contributed by atoms with Gasteiger partial charge in [-0.1, -0.05) is 30.3 Å². The highest BCUT2D eigenvalue weighted by Crippen LogP contribution is 2.23. The predicted octanol–water partition coefficient (Wildman–Crippen LogP) is 1.95. The van der Waals surface area contributed by atoms with Crippen molar-refractivity contribution in [3.05, 3.63) is 52.8 Å². The highest BCUT2D eigenvalue weighted by atomic mass is 16.4. The van der Waals surface area contributed by atoms with Crippen molar-refractivity contribution in [1.82, 2.24) is 15.1 Å². The molecule has 0 spiro atoms. The number of carboxylic acid groups (broad SMARTS) is 1. The smallest absolute Gasteiger partial charge is 0.326 e. The molecule has 2 aromatic rings. The van der Waals surface area contributed by atoms with E-state index < -0.39 is 17.9 Å². The van der Waals surface area contributed by atoms with Crippen LogP contribution in [0.25, 0.3) is 0 Å². The fourth-order valence-corrected chi connectivity index (χ4v) is 2.89. The zero-order valence-electron chi connectivity index (χ0n) is 14.4. The van der Waals surface area contributed by atoms with Crippen LogP contribution in [-0.4, -0.2) is 32.8 Å². The number of aromatic nitrogens is 2. The normalized spacial score (nSPS) is 13.3. The summed E-state index contributed by atoms with van der Waals surface area (Å²) in [5.74, 6) is -1.81. The Morgan fingerprint density at radius 3 is 2.38 bits per heavy atom. The molecule has 0 saturated carbocycles. The van der Waals surface area contributed by atoms with E-state index in [1.807, 2.05) is 51.2 Å². The summed E-state index contributed by atoms with van der Waals surface area (Å²) < 4.78 is 1.73. The maximum absolute atomic E-state index is 12.6. The molecule has 1 unspecified atom stereocenters. The lowest BCUT2D eigenvalue weighted by Gasteiger charge is -2.18. The van der Waals surface area contributed by atoms with E-state index in [2.05, 4.69) is 10.4 Å². The average Bonchev–Trinajstić information content (AvgIpc) is 2.79. The Bertz CT molecular complexity index is 737. The predicted molar refractivity (Wildman–Crippen MR) is 90.8 cm³/mol. The SMILES string of the molecule is Cc1nn(C)c(C)c1C(C)C(=O)N[C@H](Cc1ccccc1)C(=O)O. The van der Waals surface area contributed by atoms with Crippen LogP contribution < -0.4 is 5.32 Å². The molecule has 2 N–H and O–H groups in total. The zero-order valence-corrected chi connectivity index (χ0v) is 14.4. The molecule has 128 valence electrons. The van der Waals surface area contributed by atoms with Crippen LogP contribution >= 0.6 is 0 Å². The van der Waals surface area contributed by atoms with Gasteiger partial charge in [0, 0.05) is 24.7 Å². The van der Waals surface area contributed by atoms with Crippen molar-refractivity contribution in [2.45, 2.75) is 39.2 Å². The minimum atomic E-state index is -1.04. The highest BCUT2D eigenvalue weighted by molar-refractivity contribution is 5.88. The summed E-state index contributed by atoms with van der Waals surface area (Å²) in [5, 5.41) is 16.4. The highest BCUT2D eigenvalue weighted by Gasteiger charge is 2.27. The Kier molecular flexibility index (Phi) is 5.39. The van der Waals surface area contributed by atoms with Crippen molar-refractivity contribution in [1.29, 1.82) is 0 Å². The molecule has 6 nitrogen and oxygen atoms in total. The third kappa shape index (κ3) is 3.82. The topological polar surface area (TPSA) is 84.2 Å². The molecule has 0 aliphatic carbocycles. The lowest BCUT2D eigenvalue weighted by Crippen LogP contribution is -2.44. The molecule has 0 saturated heterocycles. The second kappa shape index (κ2) is 7.29. The summed E-state index contributed by atoms with van der Waals surface area (Å²) >= 11 is 0. The number of nitrogens with one attached hydrogen (secondary N) is 1. The molecule has 2 rings (SSSR count). The molecule has 0 bridgehead atoms. The van der Waals surface area contributed by atoms with Gasteiger partial charge in [0.2, 0.25) is 5.91 Å². The lowest BCUT2D eigenvalue weighted by atomic mass is 9.97. The average molecular weight is 329 g/mol. The number of amides is 1. The van der Waals surface area contributed by atoms with E-state index in [0.29, 0.717) is 0 Å². The van der Waals surface area contributed by atoms with E-state index in [4.69, 9.17) is 0 Å². The molecule has 1 amide bonds. The first-order valence-electron chi connectivity index (χ1n) is 7.88. The van der Waals surface area contributed by atoms with Gasteiger partial charge < -0.3 is 10.4 Å². The largest absolute Gasteiger partial charge is 0.480 e. The summed E-state index contributed by atoms with van der Waals surface area (Å²) in [6.45, 7) is 5.52. The van der Waals surface area contributed by atoms with Crippen LogP contribution in [0.2, 0.25) is 0 Å². The van der Waals surface area contributed by atoms with Crippen LogP contribution in [0.1, 0.15) is 35.4 Å². The second-order valence-electron chi connectivity index (χ2n) is 6.02. The Morgan fingerprint density at radius 2 is 1.88 bits per heavy atom. The van der Waals surface area contributed by atoms with E-state index in [-0.39, 0.29) is 12.3 Å². The lowest BCUT2D eigenvalue weighted by molar-refractivity contribution is -0.141. The first-order chi connectivity index (χ1) is 11.3. The maximum Gasteiger partial charge on any atom is 0.326 e. The molecule has 0 aliphatic rings. The van der Waals surface area contributed by atoms with Crippen molar-refractivity contribution < 1.29 is 14.7 Å². The van der Waals surface area contributed by atoms with Gasteiger partial charge in [-0.3, -0.25) is 9.48 Å². The molecule has 0 fully saturated rings. The van der Waals surface area contributed by atoms with Gasteiger partial charge in [-0.25, -0.2) is 4.79 Å². The number of rotatable bonds is 6. The number of aliphatic carboxylic acids is 1. The number of carbonyl (C=O) groups excluding carboxylic acids is 1. The molecule has 1 heterocycles. The number of carbonyl (C=O) groups is 2. The summed E-state index contributed by atoms with van der Waals surface area (Å²) in [6.07, 6.45) is 0.250. The van der Waals surface area contributed by atoms with Crippen molar-refractivity contribution in [2.24, 2.45) is 7.05 Å². The van der Waals surface area contributed by atoms with Gasteiger partial charge in [-0.2, -0.15) is 5.10 Å². The van der Waals surface area contributed by atoms with Crippen molar-refractivity contribution in [3.8, 4) is 0 Å².